The standard InChI is InChI=1S/C16H21N3OS2/c1-12-18-13(11-22-12)9-16(20)17-10-14(15-5-4-8-21-15)19-6-2-3-7-19/h4-5,8,11,14H,2-3,6-7,9-10H2,1H3,(H,17,20). The van der Waals surface area contributed by atoms with Crippen LogP contribution in [-0.2, 0) is 11.2 Å². The minimum Gasteiger partial charge on any atom is -0.354 e. The number of thiophene rings is 1. The number of aryl methyl sites for hydroxylation is 1. The molecular formula is C16H21N3OS2. The predicted octanol–water partition coefficient (Wildman–Crippen LogP) is 3.01. The van der Waals surface area contributed by atoms with Gasteiger partial charge in [-0.3, -0.25) is 9.69 Å². The lowest BCUT2D eigenvalue weighted by Crippen LogP contribution is -2.37. The summed E-state index contributed by atoms with van der Waals surface area (Å²) in [7, 11) is 0. The Morgan fingerprint density at radius 3 is 2.86 bits per heavy atom. The lowest BCUT2D eigenvalue weighted by molar-refractivity contribution is -0.120. The minimum atomic E-state index is 0.0612. The molecular weight excluding hydrogens is 314 g/mol. The summed E-state index contributed by atoms with van der Waals surface area (Å²) in [5.74, 6) is 0.0612. The van der Waals surface area contributed by atoms with Gasteiger partial charge < -0.3 is 5.32 Å². The summed E-state index contributed by atoms with van der Waals surface area (Å²) in [6, 6.07) is 4.57. The summed E-state index contributed by atoms with van der Waals surface area (Å²) in [4.78, 5) is 20.3. The maximum Gasteiger partial charge on any atom is 0.226 e. The van der Waals surface area contributed by atoms with E-state index in [-0.39, 0.29) is 5.91 Å². The Morgan fingerprint density at radius 1 is 1.41 bits per heavy atom. The molecule has 1 unspecified atom stereocenters. The number of aromatic nitrogens is 1. The van der Waals surface area contributed by atoms with Crippen molar-refractivity contribution in [3.8, 4) is 0 Å². The fourth-order valence-electron chi connectivity index (χ4n) is 2.87. The van der Waals surface area contributed by atoms with Crippen molar-refractivity contribution < 1.29 is 4.79 Å². The van der Waals surface area contributed by atoms with Gasteiger partial charge in [-0.05, 0) is 44.3 Å². The zero-order valence-electron chi connectivity index (χ0n) is 12.7. The first kappa shape index (κ1) is 15.6. The smallest absolute Gasteiger partial charge is 0.226 e. The highest BCUT2D eigenvalue weighted by atomic mass is 32.1. The van der Waals surface area contributed by atoms with E-state index in [2.05, 4.69) is 32.7 Å². The van der Waals surface area contributed by atoms with Crippen LogP contribution in [0.2, 0.25) is 0 Å². The van der Waals surface area contributed by atoms with Gasteiger partial charge in [0.25, 0.3) is 0 Å². The lowest BCUT2D eigenvalue weighted by Gasteiger charge is -2.26. The van der Waals surface area contributed by atoms with Crippen LogP contribution in [0.25, 0.3) is 0 Å². The molecule has 0 radical (unpaired) electrons. The fourth-order valence-corrected chi connectivity index (χ4v) is 4.34. The number of likely N-dealkylation sites (tertiary alicyclic amines) is 1. The topological polar surface area (TPSA) is 45.2 Å². The summed E-state index contributed by atoms with van der Waals surface area (Å²) in [5.41, 5.74) is 0.869. The number of amides is 1. The number of nitrogens with zero attached hydrogens (tertiary/aromatic N) is 2. The number of carbonyl (C=O) groups excluding carboxylic acids is 1. The van der Waals surface area contributed by atoms with Crippen molar-refractivity contribution in [3.63, 3.8) is 0 Å². The summed E-state index contributed by atoms with van der Waals surface area (Å²) < 4.78 is 0. The number of thiazole rings is 1. The van der Waals surface area contributed by atoms with Crippen LogP contribution in [0.1, 0.15) is 34.5 Å². The number of rotatable bonds is 6. The van der Waals surface area contributed by atoms with Gasteiger partial charge in [-0.25, -0.2) is 4.98 Å². The summed E-state index contributed by atoms with van der Waals surface area (Å²) in [6.07, 6.45) is 2.89. The van der Waals surface area contributed by atoms with Crippen molar-refractivity contribution in [1.82, 2.24) is 15.2 Å². The highest BCUT2D eigenvalue weighted by molar-refractivity contribution is 7.10. The van der Waals surface area contributed by atoms with Gasteiger partial charge in [0.1, 0.15) is 0 Å². The molecule has 0 aromatic carbocycles. The van der Waals surface area contributed by atoms with Gasteiger partial charge in [-0.15, -0.1) is 22.7 Å². The van der Waals surface area contributed by atoms with Gasteiger partial charge in [-0.2, -0.15) is 0 Å². The van der Waals surface area contributed by atoms with E-state index in [9.17, 15) is 4.79 Å². The second-order valence-electron chi connectivity index (χ2n) is 5.61. The number of hydrogen-bond acceptors (Lipinski definition) is 5. The third kappa shape index (κ3) is 3.94. The summed E-state index contributed by atoms with van der Waals surface area (Å²) in [6.45, 7) is 4.90. The zero-order chi connectivity index (χ0) is 15.4. The van der Waals surface area contributed by atoms with Crippen LogP contribution in [-0.4, -0.2) is 35.4 Å². The van der Waals surface area contributed by atoms with Crippen LogP contribution in [0.15, 0.2) is 22.9 Å². The molecule has 1 atom stereocenters. The molecule has 4 nitrogen and oxygen atoms in total. The summed E-state index contributed by atoms with van der Waals surface area (Å²) in [5, 5.41) is 8.18. The maximum atomic E-state index is 12.1. The third-order valence-corrected chi connectivity index (χ3v) is 5.75. The van der Waals surface area contributed by atoms with Gasteiger partial charge in [0.05, 0.1) is 23.2 Å². The minimum absolute atomic E-state index is 0.0612. The van der Waals surface area contributed by atoms with Crippen molar-refractivity contribution in [2.45, 2.75) is 32.2 Å². The Morgan fingerprint density at radius 2 is 2.23 bits per heavy atom. The first-order chi connectivity index (χ1) is 10.7. The van der Waals surface area contributed by atoms with E-state index in [0.29, 0.717) is 19.0 Å². The van der Waals surface area contributed by atoms with Crippen LogP contribution in [0.4, 0.5) is 0 Å². The molecule has 22 heavy (non-hydrogen) atoms. The van der Waals surface area contributed by atoms with Gasteiger partial charge in [0, 0.05) is 16.8 Å². The first-order valence-electron chi connectivity index (χ1n) is 7.67. The van der Waals surface area contributed by atoms with E-state index in [4.69, 9.17) is 0 Å². The van der Waals surface area contributed by atoms with Crippen molar-refractivity contribution in [3.05, 3.63) is 38.5 Å². The first-order valence-corrected chi connectivity index (χ1v) is 9.43. The lowest BCUT2D eigenvalue weighted by atomic mass is 10.2. The number of carbonyl (C=O) groups is 1. The summed E-state index contributed by atoms with van der Waals surface area (Å²) >= 11 is 3.36. The Kier molecular flexibility index (Phi) is 5.23. The number of nitrogens with one attached hydrogen (secondary N) is 1. The SMILES string of the molecule is Cc1nc(CC(=O)NCC(c2cccs2)N2CCCC2)cs1. The average molecular weight is 335 g/mol. The van der Waals surface area contributed by atoms with Crippen LogP contribution >= 0.6 is 22.7 Å². The van der Waals surface area contributed by atoms with Crippen molar-refractivity contribution in [1.29, 1.82) is 0 Å². The third-order valence-electron chi connectivity index (χ3n) is 3.95. The van der Waals surface area contributed by atoms with Gasteiger partial charge in [0.2, 0.25) is 5.91 Å². The second-order valence-corrected chi connectivity index (χ2v) is 7.65. The van der Waals surface area contributed by atoms with Gasteiger partial charge in [-0.1, -0.05) is 6.07 Å². The van der Waals surface area contributed by atoms with E-state index in [0.717, 1.165) is 23.8 Å². The molecule has 1 fully saturated rings. The van der Waals surface area contributed by atoms with Crippen LogP contribution in [0.5, 0.6) is 0 Å². The quantitative estimate of drug-likeness (QED) is 0.882. The molecule has 0 spiro atoms. The molecule has 0 aliphatic carbocycles. The van der Waals surface area contributed by atoms with E-state index < -0.39 is 0 Å². The van der Waals surface area contributed by atoms with E-state index >= 15 is 0 Å². The van der Waals surface area contributed by atoms with E-state index in [1.807, 2.05) is 12.3 Å². The highest BCUT2D eigenvalue weighted by Crippen LogP contribution is 2.27. The average Bonchev–Trinajstić information content (AvgIpc) is 3.22. The molecule has 6 heteroatoms. The molecule has 118 valence electrons. The van der Waals surface area contributed by atoms with Crippen LogP contribution in [0.3, 0.4) is 0 Å². The Labute approximate surface area is 139 Å². The molecule has 3 heterocycles. The molecule has 0 saturated carbocycles. The van der Waals surface area contributed by atoms with Crippen molar-refractivity contribution in [2.24, 2.45) is 0 Å². The highest BCUT2D eigenvalue weighted by Gasteiger charge is 2.24. The van der Waals surface area contributed by atoms with E-state index in [1.165, 1.54) is 17.7 Å². The molecule has 3 rings (SSSR count). The van der Waals surface area contributed by atoms with Crippen LogP contribution < -0.4 is 5.32 Å². The Bertz CT molecular complexity index is 603. The zero-order valence-corrected chi connectivity index (χ0v) is 14.4. The Hall–Kier alpha value is -1.24. The molecule has 1 aliphatic rings. The second kappa shape index (κ2) is 7.35. The van der Waals surface area contributed by atoms with Gasteiger partial charge in [0.15, 0.2) is 0 Å². The van der Waals surface area contributed by atoms with E-state index in [1.54, 1.807) is 22.7 Å². The monoisotopic (exact) mass is 335 g/mol. The van der Waals surface area contributed by atoms with Crippen molar-refractivity contribution >= 4 is 28.6 Å². The molecule has 1 amide bonds. The Balaban J connectivity index is 1.57. The fraction of sp³-hybridized carbons (Fsp3) is 0.500. The predicted molar refractivity (Wildman–Crippen MR) is 91.4 cm³/mol. The van der Waals surface area contributed by atoms with Crippen LogP contribution in [0, 0.1) is 6.92 Å². The van der Waals surface area contributed by atoms with Crippen molar-refractivity contribution in [2.75, 3.05) is 19.6 Å². The largest absolute Gasteiger partial charge is 0.354 e. The normalized spacial score (nSPS) is 16.8. The molecule has 1 aliphatic heterocycles. The molecule has 2 aromatic rings. The van der Waals surface area contributed by atoms with Gasteiger partial charge >= 0.3 is 0 Å². The number of hydrogen-bond donors (Lipinski definition) is 1. The molecule has 1 N–H and O–H groups in total. The molecule has 0 bridgehead atoms. The molecule has 2 aromatic heterocycles. The maximum absolute atomic E-state index is 12.1. The molecule has 1 saturated heterocycles.